The molecule has 2 N–H and O–H groups in total. The van der Waals surface area contributed by atoms with E-state index >= 15 is 0 Å². The molecule has 0 amide bonds. The van der Waals surface area contributed by atoms with Gasteiger partial charge in [-0.15, -0.1) is 0 Å². The van der Waals surface area contributed by atoms with E-state index in [1.807, 2.05) is 11.8 Å². The molecule has 0 aliphatic rings. The minimum atomic E-state index is -0.322. The Labute approximate surface area is 126 Å². The Morgan fingerprint density at radius 2 is 2.15 bits per heavy atom. The smallest absolute Gasteiger partial charge is 0.141 e. The molecular formula is C15H26FN3S. The Morgan fingerprint density at radius 3 is 2.65 bits per heavy atom. The summed E-state index contributed by atoms with van der Waals surface area (Å²) in [6.07, 6.45) is 4.50. The van der Waals surface area contributed by atoms with Gasteiger partial charge in [0.2, 0.25) is 0 Å². The maximum atomic E-state index is 12.9. The number of hydrogen-bond donors (Lipinski definition) is 1. The van der Waals surface area contributed by atoms with Crippen molar-refractivity contribution in [3.63, 3.8) is 0 Å². The highest BCUT2D eigenvalue weighted by atomic mass is 32.2. The fourth-order valence-corrected chi connectivity index (χ4v) is 3.22. The van der Waals surface area contributed by atoms with E-state index < -0.39 is 0 Å². The summed E-state index contributed by atoms with van der Waals surface area (Å²) in [6.45, 7) is 5.25. The normalized spacial score (nSPS) is 16.1. The molecule has 0 aliphatic heterocycles. The molecule has 0 saturated heterocycles. The molecule has 20 heavy (non-hydrogen) atoms. The second-order valence-corrected chi connectivity index (χ2v) is 6.27. The van der Waals surface area contributed by atoms with Crippen molar-refractivity contribution >= 4 is 11.8 Å². The first kappa shape index (κ1) is 17.4. The third kappa shape index (κ3) is 5.04. The van der Waals surface area contributed by atoms with Crippen LogP contribution in [0.25, 0.3) is 0 Å². The van der Waals surface area contributed by atoms with Crippen LogP contribution in [0.15, 0.2) is 18.3 Å². The molecule has 0 aliphatic carbocycles. The quantitative estimate of drug-likeness (QED) is 0.801. The van der Waals surface area contributed by atoms with Gasteiger partial charge in [0, 0.05) is 18.3 Å². The van der Waals surface area contributed by atoms with Gasteiger partial charge >= 0.3 is 0 Å². The lowest BCUT2D eigenvalue weighted by molar-refractivity contribution is 0.208. The minimum absolute atomic E-state index is 0.162. The van der Waals surface area contributed by atoms with Gasteiger partial charge in [0.05, 0.1) is 17.9 Å². The number of aromatic nitrogens is 1. The molecule has 1 rings (SSSR count). The number of hydrogen-bond acceptors (Lipinski definition) is 4. The van der Waals surface area contributed by atoms with E-state index in [0.717, 1.165) is 24.4 Å². The van der Waals surface area contributed by atoms with Crippen molar-refractivity contribution in [2.45, 2.75) is 32.4 Å². The topological polar surface area (TPSA) is 42.1 Å². The van der Waals surface area contributed by atoms with E-state index in [1.54, 1.807) is 6.07 Å². The van der Waals surface area contributed by atoms with Crippen molar-refractivity contribution in [3.05, 3.63) is 29.8 Å². The Kier molecular flexibility index (Phi) is 7.48. The number of pyridine rings is 1. The van der Waals surface area contributed by atoms with Gasteiger partial charge in [-0.3, -0.25) is 4.98 Å². The summed E-state index contributed by atoms with van der Waals surface area (Å²) in [6, 6.07) is 3.50. The van der Waals surface area contributed by atoms with Crippen LogP contribution in [0.2, 0.25) is 0 Å². The standard InChI is InChI=1S/C15H26FN3S/c1-5-13(10-20-4)19(3)9-11(2)15(17)14-7-6-12(16)8-18-14/h6-8,11,13,15H,5,9-10,17H2,1-4H3. The lowest BCUT2D eigenvalue weighted by Gasteiger charge is -2.31. The highest BCUT2D eigenvalue weighted by Crippen LogP contribution is 2.20. The summed E-state index contributed by atoms with van der Waals surface area (Å²) >= 11 is 1.87. The molecular weight excluding hydrogens is 273 g/mol. The summed E-state index contributed by atoms with van der Waals surface area (Å²) in [7, 11) is 2.14. The number of halogens is 1. The first-order chi connectivity index (χ1) is 9.49. The van der Waals surface area contributed by atoms with Gasteiger partial charge in [0.25, 0.3) is 0 Å². The number of nitrogens with zero attached hydrogens (tertiary/aromatic N) is 2. The third-order valence-corrected chi connectivity index (χ3v) is 4.45. The molecule has 114 valence electrons. The molecule has 0 fully saturated rings. The van der Waals surface area contributed by atoms with Crippen molar-refractivity contribution < 1.29 is 4.39 Å². The first-order valence-corrected chi connectivity index (χ1v) is 8.45. The fourth-order valence-electron chi connectivity index (χ4n) is 2.34. The van der Waals surface area contributed by atoms with Gasteiger partial charge < -0.3 is 10.6 Å². The van der Waals surface area contributed by atoms with E-state index in [2.05, 4.69) is 37.0 Å². The molecule has 0 bridgehead atoms. The maximum absolute atomic E-state index is 12.9. The van der Waals surface area contributed by atoms with Crippen LogP contribution < -0.4 is 5.73 Å². The summed E-state index contributed by atoms with van der Waals surface area (Å²) in [5.41, 5.74) is 6.99. The molecule has 3 atom stereocenters. The SMILES string of the molecule is CCC(CSC)N(C)CC(C)C(N)c1ccc(F)cn1. The van der Waals surface area contributed by atoms with Crippen LogP contribution in [0.3, 0.4) is 0 Å². The Morgan fingerprint density at radius 1 is 1.45 bits per heavy atom. The predicted octanol–water partition coefficient (Wildman–Crippen LogP) is 2.93. The molecule has 3 nitrogen and oxygen atoms in total. The monoisotopic (exact) mass is 299 g/mol. The molecule has 0 aromatic carbocycles. The zero-order valence-corrected chi connectivity index (χ0v) is 13.7. The van der Waals surface area contributed by atoms with E-state index in [4.69, 9.17) is 5.73 Å². The van der Waals surface area contributed by atoms with Gasteiger partial charge in [-0.1, -0.05) is 13.8 Å². The van der Waals surface area contributed by atoms with E-state index in [9.17, 15) is 4.39 Å². The first-order valence-electron chi connectivity index (χ1n) is 7.05. The van der Waals surface area contributed by atoms with Gasteiger partial charge in [0.15, 0.2) is 0 Å². The Bertz CT molecular complexity index is 385. The molecule has 1 heterocycles. The van der Waals surface area contributed by atoms with Crippen molar-refractivity contribution in [1.29, 1.82) is 0 Å². The number of rotatable bonds is 8. The second kappa shape index (κ2) is 8.60. The van der Waals surface area contributed by atoms with E-state index in [1.165, 1.54) is 12.3 Å². The highest BCUT2D eigenvalue weighted by molar-refractivity contribution is 7.98. The average molecular weight is 299 g/mol. The summed E-state index contributed by atoms with van der Waals surface area (Å²) in [4.78, 5) is 6.45. The number of thioether (sulfide) groups is 1. The van der Waals surface area contributed by atoms with Crippen LogP contribution in [-0.2, 0) is 0 Å². The van der Waals surface area contributed by atoms with Crippen LogP contribution in [0.1, 0.15) is 32.0 Å². The van der Waals surface area contributed by atoms with Crippen LogP contribution in [0, 0.1) is 11.7 Å². The lowest BCUT2D eigenvalue weighted by Crippen LogP contribution is -2.39. The minimum Gasteiger partial charge on any atom is -0.322 e. The van der Waals surface area contributed by atoms with Crippen LogP contribution in [0.4, 0.5) is 4.39 Å². The number of nitrogens with two attached hydrogens (primary N) is 1. The predicted molar refractivity (Wildman–Crippen MR) is 85.4 cm³/mol. The highest BCUT2D eigenvalue weighted by Gasteiger charge is 2.21. The summed E-state index contributed by atoms with van der Waals surface area (Å²) < 4.78 is 12.9. The Hall–Kier alpha value is -0.650. The van der Waals surface area contributed by atoms with Gasteiger partial charge in [-0.05, 0) is 37.8 Å². The zero-order chi connectivity index (χ0) is 15.1. The van der Waals surface area contributed by atoms with Crippen LogP contribution in [-0.4, -0.2) is 41.5 Å². The summed E-state index contributed by atoms with van der Waals surface area (Å²) in [5.74, 6) is 1.08. The van der Waals surface area contributed by atoms with E-state index in [0.29, 0.717) is 6.04 Å². The molecule has 1 aromatic heterocycles. The molecule has 3 unspecified atom stereocenters. The molecule has 0 saturated carbocycles. The summed E-state index contributed by atoms with van der Waals surface area (Å²) in [5, 5.41) is 0. The van der Waals surface area contributed by atoms with Crippen LogP contribution >= 0.6 is 11.8 Å². The molecule has 5 heteroatoms. The molecule has 0 radical (unpaired) electrons. The van der Waals surface area contributed by atoms with Gasteiger partial charge in [0.1, 0.15) is 5.82 Å². The van der Waals surface area contributed by atoms with E-state index in [-0.39, 0.29) is 17.8 Å². The van der Waals surface area contributed by atoms with Crippen molar-refractivity contribution in [2.75, 3.05) is 25.6 Å². The maximum Gasteiger partial charge on any atom is 0.141 e. The third-order valence-electron chi connectivity index (χ3n) is 3.73. The fraction of sp³-hybridized carbons (Fsp3) is 0.667. The lowest BCUT2D eigenvalue weighted by atomic mass is 9.98. The van der Waals surface area contributed by atoms with Crippen molar-refractivity contribution in [3.8, 4) is 0 Å². The zero-order valence-electron chi connectivity index (χ0n) is 12.8. The average Bonchev–Trinajstić information content (AvgIpc) is 2.44. The molecule has 1 aromatic rings. The largest absolute Gasteiger partial charge is 0.322 e. The second-order valence-electron chi connectivity index (χ2n) is 5.36. The molecule has 0 spiro atoms. The Balaban J connectivity index is 2.60. The van der Waals surface area contributed by atoms with Gasteiger partial charge in [-0.2, -0.15) is 11.8 Å². The van der Waals surface area contributed by atoms with Crippen LogP contribution in [0.5, 0.6) is 0 Å². The van der Waals surface area contributed by atoms with Crippen molar-refractivity contribution in [2.24, 2.45) is 11.7 Å². The van der Waals surface area contributed by atoms with Crippen molar-refractivity contribution in [1.82, 2.24) is 9.88 Å². The van der Waals surface area contributed by atoms with Gasteiger partial charge in [-0.25, -0.2) is 4.39 Å².